The lowest BCUT2D eigenvalue weighted by atomic mass is 9.96. The number of ether oxygens (including phenoxy) is 1. The van der Waals surface area contributed by atoms with Crippen molar-refractivity contribution in [3.05, 3.63) is 108 Å². The molecule has 1 N–H and O–H groups in total. The average molecular weight is 404 g/mol. The van der Waals surface area contributed by atoms with E-state index in [4.69, 9.17) is 9.72 Å². The summed E-state index contributed by atoms with van der Waals surface area (Å²) in [5.41, 5.74) is 6.06. The molecule has 0 atom stereocenters. The molecule has 0 radical (unpaired) electrons. The van der Waals surface area contributed by atoms with Gasteiger partial charge >= 0.3 is 0 Å². The maximum absolute atomic E-state index is 12.8. The maximum Gasteiger partial charge on any atom is 0.257 e. The Morgan fingerprint density at radius 2 is 1.42 bits per heavy atom. The van der Waals surface area contributed by atoms with Gasteiger partial charge in [0.15, 0.2) is 0 Å². The van der Waals surface area contributed by atoms with Gasteiger partial charge in [0.25, 0.3) is 5.56 Å². The van der Waals surface area contributed by atoms with Gasteiger partial charge in [-0.1, -0.05) is 72.8 Å². The fraction of sp³-hybridized carbons (Fsp3) is 0.0370. The molecule has 5 aromatic rings. The predicted octanol–water partition coefficient (Wildman–Crippen LogP) is 5.93. The van der Waals surface area contributed by atoms with Crippen LogP contribution in [0.5, 0.6) is 5.75 Å². The molecule has 0 amide bonds. The van der Waals surface area contributed by atoms with E-state index in [1.54, 1.807) is 13.3 Å². The van der Waals surface area contributed by atoms with Crippen LogP contribution in [0.4, 0.5) is 0 Å². The number of methoxy groups -OCH3 is 1. The minimum Gasteiger partial charge on any atom is -0.497 e. The van der Waals surface area contributed by atoms with E-state index in [1.165, 1.54) is 0 Å². The molecule has 0 fully saturated rings. The van der Waals surface area contributed by atoms with Gasteiger partial charge in [0, 0.05) is 22.9 Å². The molecule has 0 saturated carbocycles. The van der Waals surface area contributed by atoms with Gasteiger partial charge in [0.2, 0.25) is 0 Å². The Labute approximate surface area is 179 Å². The molecule has 5 rings (SSSR count). The van der Waals surface area contributed by atoms with Gasteiger partial charge in [0.1, 0.15) is 5.75 Å². The fourth-order valence-corrected chi connectivity index (χ4v) is 3.84. The van der Waals surface area contributed by atoms with Crippen molar-refractivity contribution in [1.82, 2.24) is 9.97 Å². The first-order valence-corrected chi connectivity index (χ1v) is 10.1. The standard InChI is InChI=1S/C27H20N2O2/c1-31-21-14-8-13-20(15-21)24-17-28-27(30)23-16-22(18-9-4-2-5-10-18)25(29-26(23)24)19-11-6-3-7-12-19/h2-17H,1H3,(H,28,30). The molecular weight excluding hydrogens is 384 g/mol. The van der Waals surface area contributed by atoms with Crippen LogP contribution in [0.2, 0.25) is 0 Å². The van der Waals surface area contributed by atoms with Crippen molar-refractivity contribution in [3.8, 4) is 39.3 Å². The van der Waals surface area contributed by atoms with E-state index in [0.717, 1.165) is 39.3 Å². The normalized spacial score (nSPS) is 10.9. The smallest absolute Gasteiger partial charge is 0.257 e. The molecule has 0 saturated heterocycles. The first-order chi connectivity index (χ1) is 15.2. The van der Waals surface area contributed by atoms with E-state index in [0.29, 0.717) is 10.9 Å². The second-order valence-corrected chi connectivity index (χ2v) is 7.28. The van der Waals surface area contributed by atoms with Crippen LogP contribution < -0.4 is 10.3 Å². The second-order valence-electron chi connectivity index (χ2n) is 7.28. The van der Waals surface area contributed by atoms with Crippen molar-refractivity contribution in [2.45, 2.75) is 0 Å². The third-order valence-electron chi connectivity index (χ3n) is 5.38. The SMILES string of the molecule is COc1cccc(-c2c[nH]c(=O)c3cc(-c4ccccc4)c(-c4ccccc4)nc23)c1. The van der Waals surface area contributed by atoms with Gasteiger partial charge in [-0.3, -0.25) is 4.79 Å². The highest BCUT2D eigenvalue weighted by atomic mass is 16.5. The molecule has 150 valence electrons. The van der Waals surface area contributed by atoms with E-state index in [2.05, 4.69) is 4.98 Å². The van der Waals surface area contributed by atoms with E-state index in [-0.39, 0.29) is 5.56 Å². The van der Waals surface area contributed by atoms with E-state index in [1.807, 2.05) is 91.0 Å². The molecule has 0 aliphatic rings. The summed E-state index contributed by atoms with van der Waals surface area (Å²) in [7, 11) is 1.64. The van der Waals surface area contributed by atoms with E-state index in [9.17, 15) is 4.79 Å². The summed E-state index contributed by atoms with van der Waals surface area (Å²) in [5.74, 6) is 0.751. The third kappa shape index (κ3) is 3.49. The molecule has 31 heavy (non-hydrogen) atoms. The van der Waals surface area contributed by atoms with Crippen LogP contribution in [0.25, 0.3) is 44.4 Å². The van der Waals surface area contributed by atoms with Crippen LogP contribution in [0, 0.1) is 0 Å². The Morgan fingerprint density at radius 3 is 2.13 bits per heavy atom. The number of nitrogens with one attached hydrogen (secondary N) is 1. The highest BCUT2D eigenvalue weighted by Gasteiger charge is 2.16. The zero-order chi connectivity index (χ0) is 21.2. The lowest BCUT2D eigenvalue weighted by molar-refractivity contribution is 0.415. The van der Waals surface area contributed by atoms with Crippen molar-refractivity contribution in [1.29, 1.82) is 0 Å². The van der Waals surface area contributed by atoms with Gasteiger partial charge < -0.3 is 9.72 Å². The zero-order valence-corrected chi connectivity index (χ0v) is 17.0. The van der Waals surface area contributed by atoms with Crippen LogP contribution in [0.3, 0.4) is 0 Å². The molecule has 0 aliphatic heterocycles. The van der Waals surface area contributed by atoms with Crippen molar-refractivity contribution in [3.63, 3.8) is 0 Å². The number of rotatable bonds is 4. The quantitative estimate of drug-likeness (QED) is 0.404. The molecule has 0 aliphatic carbocycles. The highest BCUT2D eigenvalue weighted by Crippen LogP contribution is 2.35. The van der Waals surface area contributed by atoms with Crippen LogP contribution in [-0.4, -0.2) is 17.1 Å². The van der Waals surface area contributed by atoms with Crippen LogP contribution >= 0.6 is 0 Å². The number of aromatic amines is 1. The van der Waals surface area contributed by atoms with Crippen molar-refractivity contribution in [2.24, 2.45) is 0 Å². The number of aromatic nitrogens is 2. The predicted molar refractivity (Wildman–Crippen MR) is 125 cm³/mol. The second kappa shape index (κ2) is 7.92. The Bertz CT molecular complexity index is 1420. The van der Waals surface area contributed by atoms with Crippen molar-refractivity contribution >= 4 is 10.9 Å². The minimum atomic E-state index is -0.161. The number of fused-ring (bicyclic) bond motifs is 1. The van der Waals surface area contributed by atoms with E-state index < -0.39 is 0 Å². The largest absolute Gasteiger partial charge is 0.497 e. The molecule has 3 aromatic carbocycles. The number of nitrogens with zero attached hydrogens (tertiary/aromatic N) is 1. The average Bonchev–Trinajstić information content (AvgIpc) is 2.85. The number of pyridine rings is 2. The summed E-state index contributed by atoms with van der Waals surface area (Å²) < 4.78 is 5.39. The number of hydrogen-bond acceptors (Lipinski definition) is 3. The molecule has 2 aromatic heterocycles. The van der Waals surface area contributed by atoms with Gasteiger partial charge in [-0.25, -0.2) is 4.98 Å². The lowest BCUT2D eigenvalue weighted by Gasteiger charge is -2.14. The van der Waals surface area contributed by atoms with E-state index >= 15 is 0 Å². The van der Waals surface area contributed by atoms with Crippen molar-refractivity contribution < 1.29 is 4.74 Å². The molecule has 2 heterocycles. The summed E-state index contributed by atoms with van der Waals surface area (Å²) >= 11 is 0. The monoisotopic (exact) mass is 404 g/mol. The first-order valence-electron chi connectivity index (χ1n) is 10.1. The van der Waals surface area contributed by atoms with Crippen LogP contribution in [-0.2, 0) is 0 Å². The molecular formula is C27H20N2O2. The highest BCUT2D eigenvalue weighted by molar-refractivity contribution is 5.98. The van der Waals surface area contributed by atoms with Gasteiger partial charge in [-0.05, 0) is 29.3 Å². The maximum atomic E-state index is 12.8. The Balaban J connectivity index is 1.85. The number of benzene rings is 3. The molecule has 4 heteroatoms. The minimum absolute atomic E-state index is 0.161. The lowest BCUT2D eigenvalue weighted by Crippen LogP contribution is -2.08. The summed E-state index contributed by atoms with van der Waals surface area (Å²) in [4.78, 5) is 20.7. The molecule has 4 nitrogen and oxygen atoms in total. The Morgan fingerprint density at radius 1 is 0.742 bits per heavy atom. The Kier molecular flexibility index (Phi) is 4.81. The first kappa shape index (κ1) is 18.8. The number of H-pyrrole nitrogens is 1. The Hall–Kier alpha value is -4.18. The van der Waals surface area contributed by atoms with Gasteiger partial charge in [-0.15, -0.1) is 0 Å². The van der Waals surface area contributed by atoms with Crippen LogP contribution in [0.1, 0.15) is 0 Å². The summed E-state index contributed by atoms with van der Waals surface area (Å²) in [6, 6.07) is 29.8. The van der Waals surface area contributed by atoms with Gasteiger partial charge in [0.05, 0.1) is 23.7 Å². The molecule has 0 unspecified atom stereocenters. The topological polar surface area (TPSA) is 55.0 Å². The molecule has 0 bridgehead atoms. The fourth-order valence-electron chi connectivity index (χ4n) is 3.84. The van der Waals surface area contributed by atoms with Crippen LogP contribution in [0.15, 0.2) is 102 Å². The summed E-state index contributed by atoms with van der Waals surface area (Å²) in [5, 5.41) is 0.554. The third-order valence-corrected chi connectivity index (χ3v) is 5.38. The zero-order valence-electron chi connectivity index (χ0n) is 17.0. The van der Waals surface area contributed by atoms with Gasteiger partial charge in [-0.2, -0.15) is 0 Å². The summed E-state index contributed by atoms with van der Waals surface area (Å²) in [6.07, 6.45) is 1.73. The summed E-state index contributed by atoms with van der Waals surface area (Å²) in [6.45, 7) is 0. The molecule has 0 spiro atoms. The number of hydrogen-bond donors (Lipinski definition) is 1. The van der Waals surface area contributed by atoms with Crippen molar-refractivity contribution in [2.75, 3.05) is 7.11 Å².